The number of carbonyl (C=O) groups is 1. The van der Waals surface area contributed by atoms with Gasteiger partial charge in [-0.15, -0.1) is 0 Å². The zero-order valence-electron chi connectivity index (χ0n) is 14.4. The summed E-state index contributed by atoms with van der Waals surface area (Å²) in [4.78, 5) is 28.1. The van der Waals surface area contributed by atoms with Gasteiger partial charge in [-0.1, -0.05) is 41.9 Å². The predicted octanol–water partition coefficient (Wildman–Crippen LogP) is 4.12. The van der Waals surface area contributed by atoms with Crippen LogP contribution >= 0.6 is 11.6 Å². The molecule has 2 N–H and O–H groups in total. The van der Waals surface area contributed by atoms with Gasteiger partial charge in [0, 0.05) is 23.0 Å². The number of aromatic hydroxyl groups is 1. The summed E-state index contributed by atoms with van der Waals surface area (Å²) in [6.45, 7) is 0. The van der Waals surface area contributed by atoms with Gasteiger partial charge in [-0.3, -0.25) is 9.59 Å². The van der Waals surface area contributed by atoms with Crippen LogP contribution in [-0.2, 0) is 7.05 Å². The molecule has 5 nitrogen and oxygen atoms in total. The number of ketones is 1. The molecule has 0 radical (unpaired) electrons. The van der Waals surface area contributed by atoms with Crippen LogP contribution in [0.2, 0.25) is 5.02 Å². The highest BCUT2D eigenvalue weighted by molar-refractivity contribution is 6.31. The molecule has 0 bridgehead atoms. The lowest BCUT2D eigenvalue weighted by Gasteiger charge is -2.10. The molecule has 0 amide bonds. The molecule has 2 aromatic heterocycles. The molecule has 6 heteroatoms. The molecule has 0 saturated heterocycles. The van der Waals surface area contributed by atoms with Crippen molar-refractivity contribution in [3.8, 4) is 17.0 Å². The van der Waals surface area contributed by atoms with Gasteiger partial charge in [0.15, 0.2) is 0 Å². The van der Waals surface area contributed by atoms with Crippen LogP contribution in [0.15, 0.2) is 65.5 Å². The Morgan fingerprint density at radius 2 is 1.81 bits per heavy atom. The molecular weight excluding hydrogens is 364 g/mol. The fourth-order valence-electron chi connectivity index (χ4n) is 3.22. The van der Waals surface area contributed by atoms with Crippen molar-refractivity contribution in [3.05, 3.63) is 87.3 Å². The molecule has 2 aromatic carbocycles. The molecule has 2 heterocycles. The van der Waals surface area contributed by atoms with Crippen molar-refractivity contribution < 1.29 is 9.90 Å². The molecule has 27 heavy (non-hydrogen) atoms. The number of hydrogen-bond acceptors (Lipinski definition) is 3. The van der Waals surface area contributed by atoms with Crippen molar-refractivity contribution in [2.45, 2.75) is 0 Å². The number of halogens is 1. The lowest BCUT2D eigenvalue weighted by molar-refractivity contribution is 0.103. The van der Waals surface area contributed by atoms with E-state index in [1.54, 1.807) is 66.2 Å². The van der Waals surface area contributed by atoms with E-state index in [1.807, 2.05) is 6.07 Å². The third kappa shape index (κ3) is 2.82. The SMILES string of the molecule is Cn1c(C(=O)c2ccccc2)ccc1-c1c(O)c2ccc(Cl)cc2[nH]c1=O. The number of carbonyl (C=O) groups excluding carboxylic acids is 1. The van der Waals surface area contributed by atoms with E-state index < -0.39 is 5.56 Å². The third-order valence-corrected chi connectivity index (χ3v) is 4.83. The lowest BCUT2D eigenvalue weighted by atomic mass is 10.1. The number of hydrogen-bond donors (Lipinski definition) is 2. The molecule has 0 unspecified atom stereocenters. The quantitative estimate of drug-likeness (QED) is 0.526. The number of nitrogens with one attached hydrogen (secondary N) is 1. The van der Waals surface area contributed by atoms with Crippen LogP contribution in [0.5, 0.6) is 5.75 Å². The van der Waals surface area contributed by atoms with E-state index in [1.165, 1.54) is 0 Å². The van der Waals surface area contributed by atoms with Crippen LogP contribution < -0.4 is 5.56 Å². The highest BCUT2D eigenvalue weighted by atomic mass is 35.5. The molecule has 0 spiro atoms. The number of nitrogens with zero attached hydrogens (tertiary/aromatic N) is 1. The predicted molar refractivity (Wildman–Crippen MR) is 106 cm³/mol. The molecule has 0 aliphatic rings. The van der Waals surface area contributed by atoms with Gasteiger partial charge in [-0.05, 0) is 30.3 Å². The number of rotatable bonds is 3. The fraction of sp³-hybridized carbons (Fsp3) is 0.0476. The Morgan fingerprint density at radius 1 is 1.07 bits per heavy atom. The Bertz CT molecular complexity index is 1240. The van der Waals surface area contributed by atoms with Gasteiger partial charge in [-0.25, -0.2) is 0 Å². The molecule has 0 aliphatic carbocycles. The van der Waals surface area contributed by atoms with Crippen LogP contribution in [0.25, 0.3) is 22.2 Å². The Morgan fingerprint density at radius 3 is 2.56 bits per heavy atom. The third-order valence-electron chi connectivity index (χ3n) is 4.60. The summed E-state index contributed by atoms with van der Waals surface area (Å²) in [6, 6.07) is 17.1. The lowest BCUT2D eigenvalue weighted by Crippen LogP contribution is -2.13. The molecule has 4 rings (SSSR count). The molecule has 0 atom stereocenters. The van der Waals surface area contributed by atoms with Crippen LogP contribution in [0, 0.1) is 0 Å². The smallest absolute Gasteiger partial charge is 0.261 e. The number of pyridine rings is 1. The molecule has 0 saturated carbocycles. The van der Waals surface area contributed by atoms with Crippen molar-refractivity contribution in [1.29, 1.82) is 0 Å². The fourth-order valence-corrected chi connectivity index (χ4v) is 3.39. The Kier molecular flexibility index (Phi) is 4.09. The van der Waals surface area contributed by atoms with Gasteiger partial charge in [0.1, 0.15) is 11.3 Å². The topological polar surface area (TPSA) is 75.1 Å². The summed E-state index contributed by atoms with van der Waals surface area (Å²) in [5, 5.41) is 11.6. The van der Waals surface area contributed by atoms with E-state index in [0.717, 1.165) is 0 Å². The van der Waals surface area contributed by atoms with Crippen molar-refractivity contribution in [3.63, 3.8) is 0 Å². The first-order chi connectivity index (χ1) is 13.0. The monoisotopic (exact) mass is 378 g/mol. The average Bonchev–Trinajstić information content (AvgIpc) is 3.03. The number of aromatic amines is 1. The van der Waals surface area contributed by atoms with E-state index >= 15 is 0 Å². The number of fused-ring (bicyclic) bond motifs is 1. The second-order valence-corrected chi connectivity index (χ2v) is 6.66. The zero-order chi connectivity index (χ0) is 19.1. The summed E-state index contributed by atoms with van der Waals surface area (Å²) in [5.74, 6) is -0.307. The second-order valence-electron chi connectivity index (χ2n) is 6.23. The first-order valence-electron chi connectivity index (χ1n) is 8.27. The normalized spacial score (nSPS) is 11.0. The van der Waals surface area contributed by atoms with E-state index in [4.69, 9.17) is 11.6 Å². The van der Waals surface area contributed by atoms with Crippen molar-refractivity contribution in [2.24, 2.45) is 7.05 Å². The molecule has 134 valence electrons. The van der Waals surface area contributed by atoms with Gasteiger partial charge in [0.05, 0.1) is 16.9 Å². The van der Waals surface area contributed by atoms with Crippen molar-refractivity contribution in [1.82, 2.24) is 9.55 Å². The van der Waals surface area contributed by atoms with Gasteiger partial charge >= 0.3 is 0 Å². The minimum atomic E-state index is -0.456. The summed E-state index contributed by atoms with van der Waals surface area (Å²) in [5.41, 5.74) is 1.53. The summed E-state index contributed by atoms with van der Waals surface area (Å²) in [7, 11) is 1.69. The van der Waals surface area contributed by atoms with E-state index in [9.17, 15) is 14.7 Å². The van der Waals surface area contributed by atoms with Crippen molar-refractivity contribution >= 4 is 28.3 Å². The largest absolute Gasteiger partial charge is 0.506 e. The highest BCUT2D eigenvalue weighted by Crippen LogP contribution is 2.33. The highest BCUT2D eigenvalue weighted by Gasteiger charge is 2.20. The van der Waals surface area contributed by atoms with Gasteiger partial charge < -0.3 is 14.7 Å². The number of aromatic nitrogens is 2. The molecule has 4 aromatic rings. The Labute approximate surface area is 159 Å². The maximum atomic E-state index is 12.7. The maximum absolute atomic E-state index is 12.7. The molecule has 0 aliphatic heterocycles. The zero-order valence-corrected chi connectivity index (χ0v) is 15.1. The van der Waals surface area contributed by atoms with E-state index in [0.29, 0.717) is 32.9 Å². The van der Waals surface area contributed by atoms with Gasteiger partial charge in [0.25, 0.3) is 5.56 Å². The summed E-state index contributed by atoms with van der Waals surface area (Å²) >= 11 is 5.96. The average molecular weight is 379 g/mol. The van der Waals surface area contributed by atoms with Gasteiger partial charge in [-0.2, -0.15) is 0 Å². The number of H-pyrrole nitrogens is 1. The van der Waals surface area contributed by atoms with Crippen LogP contribution in [-0.4, -0.2) is 20.4 Å². The van der Waals surface area contributed by atoms with Crippen molar-refractivity contribution in [2.75, 3.05) is 0 Å². The standard InChI is InChI=1S/C21H15ClN2O3/c1-24-16(9-10-17(24)19(25)12-5-3-2-4-6-12)18-20(26)14-8-7-13(22)11-15(14)23-21(18)27/h2-11H,1H3,(H2,23,26,27). The molecule has 0 fully saturated rings. The van der Waals surface area contributed by atoms with E-state index in [-0.39, 0.29) is 17.1 Å². The molecular formula is C21H15ClN2O3. The Balaban J connectivity index is 1.88. The van der Waals surface area contributed by atoms with E-state index in [2.05, 4.69) is 4.98 Å². The maximum Gasteiger partial charge on any atom is 0.261 e. The second kappa shape index (κ2) is 6.45. The first-order valence-corrected chi connectivity index (χ1v) is 8.65. The summed E-state index contributed by atoms with van der Waals surface area (Å²) < 4.78 is 1.61. The minimum absolute atomic E-state index is 0.111. The minimum Gasteiger partial charge on any atom is -0.506 e. The van der Waals surface area contributed by atoms with Gasteiger partial charge in [0.2, 0.25) is 5.78 Å². The Hall–Kier alpha value is -3.31. The summed E-state index contributed by atoms with van der Waals surface area (Å²) in [6.07, 6.45) is 0. The van der Waals surface area contributed by atoms with Crippen LogP contribution in [0.1, 0.15) is 16.1 Å². The first kappa shape index (κ1) is 17.1. The van der Waals surface area contributed by atoms with Crippen LogP contribution in [0.4, 0.5) is 0 Å². The van der Waals surface area contributed by atoms with Crippen LogP contribution in [0.3, 0.4) is 0 Å². The number of benzene rings is 2.